The average Bonchev–Trinajstić information content (AvgIpc) is 2.78. The number of ether oxygens (including phenoxy) is 1. The van der Waals surface area contributed by atoms with E-state index in [0.29, 0.717) is 49.7 Å². The SMILES string of the molecule is Cc1ccccc1Nc1nc(N/N=C\c2cc(Br)ccc2O)nc(N2CCOCC2)n1. The van der Waals surface area contributed by atoms with Crippen LogP contribution in [0.25, 0.3) is 0 Å². The highest BCUT2D eigenvalue weighted by Gasteiger charge is 2.17. The van der Waals surface area contributed by atoms with E-state index in [1.165, 1.54) is 6.21 Å². The van der Waals surface area contributed by atoms with Crippen LogP contribution in [0.3, 0.4) is 0 Å². The van der Waals surface area contributed by atoms with Gasteiger partial charge in [-0.05, 0) is 36.8 Å². The molecule has 1 aliphatic rings. The van der Waals surface area contributed by atoms with Gasteiger partial charge in [0.25, 0.3) is 0 Å². The third-order valence-electron chi connectivity index (χ3n) is 4.67. The normalized spacial score (nSPS) is 14.1. The molecule has 160 valence electrons. The first-order valence-electron chi connectivity index (χ1n) is 9.77. The number of phenolic OH excluding ortho intramolecular Hbond substituents is 1. The molecule has 10 heteroatoms. The zero-order valence-corrected chi connectivity index (χ0v) is 18.5. The molecule has 0 aliphatic carbocycles. The van der Waals surface area contributed by atoms with E-state index in [1.807, 2.05) is 36.1 Å². The van der Waals surface area contributed by atoms with Crippen LogP contribution >= 0.6 is 15.9 Å². The number of hydrazone groups is 1. The van der Waals surface area contributed by atoms with Crippen LogP contribution in [-0.4, -0.2) is 52.6 Å². The average molecular weight is 484 g/mol. The van der Waals surface area contributed by atoms with Gasteiger partial charge in [0, 0.05) is 28.8 Å². The van der Waals surface area contributed by atoms with Crippen molar-refractivity contribution in [2.45, 2.75) is 6.92 Å². The Bertz CT molecular complexity index is 1090. The molecule has 0 unspecified atom stereocenters. The highest BCUT2D eigenvalue weighted by atomic mass is 79.9. The number of rotatable bonds is 6. The number of aromatic hydroxyl groups is 1. The molecule has 9 nitrogen and oxygen atoms in total. The zero-order valence-electron chi connectivity index (χ0n) is 16.9. The van der Waals surface area contributed by atoms with E-state index in [1.54, 1.807) is 18.2 Å². The topological polar surface area (TPSA) is 108 Å². The summed E-state index contributed by atoms with van der Waals surface area (Å²) in [5, 5.41) is 17.4. The minimum absolute atomic E-state index is 0.125. The molecule has 3 aromatic rings. The second kappa shape index (κ2) is 9.71. The van der Waals surface area contributed by atoms with Crippen molar-refractivity contribution in [2.24, 2.45) is 5.10 Å². The minimum atomic E-state index is 0.125. The second-order valence-corrected chi connectivity index (χ2v) is 7.81. The lowest BCUT2D eigenvalue weighted by molar-refractivity contribution is 0.122. The lowest BCUT2D eigenvalue weighted by Crippen LogP contribution is -2.37. The Hall–Kier alpha value is -3.24. The quantitative estimate of drug-likeness (QED) is 0.360. The van der Waals surface area contributed by atoms with Crippen LogP contribution in [0.5, 0.6) is 5.75 Å². The van der Waals surface area contributed by atoms with E-state index < -0.39 is 0 Å². The predicted octanol–water partition coefficient (Wildman–Crippen LogP) is 3.67. The summed E-state index contributed by atoms with van der Waals surface area (Å²) in [5.41, 5.74) is 5.39. The van der Waals surface area contributed by atoms with E-state index in [2.05, 4.69) is 46.7 Å². The molecule has 0 saturated carbocycles. The number of hydrogen-bond donors (Lipinski definition) is 3. The van der Waals surface area contributed by atoms with Crippen molar-refractivity contribution in [2.75, 3.05) is 41.9 Å². The molecule has 0 bridgehead atoms. The molecule has 0 atom stereocenters. The first-order chi connectivity index (χ1) is 15.1. The molecule has 0 amide bonds. The second-order valence-electron chi connectivity index (χ2n) is 6.90. The largest absolute Gasteiger partial charge is 0.507 e. The Morgan fingerprint density at radius 1 is 1.10 bits per heavy atom. The summed E-state index contributed by atoms with van der Waals surface area (Å²) in [6, 6.07) is 13.0. The van der Waals surface area contributed by atoms with Gasteiger partial charge in [-0.2, -0.15) is 20.1 Å². The number of aryl methyl sites for hydroxylation is 1. The van der Waals surface area contributed by atoms with Crippen LogP contribution < -0.4 is 15.6 Å². The van der Waals surface area contributed by atoms with Crippen molar-refractivity contribution in [3.05, 3.63) is 58.1 Å². The lowest BCUT2D eigenvalue weighted by Gasteiger charge is -2.27. The maximum atomic E-state index is 9.97. The van der Waals surface area contributed by atoms with Gasteiger partial charge >= 0.3 is 0 Å². The molecular weight excluding hydrogens is 462 g/mol. The van der Waals surface area contributed by atoms with E-state index >= 15 is 0 Å². The van der Waals surface area contributed by atoms with Crippen molar-refractivity contribution >= 4 is 45.7 Å². The van der Waals surface area contributed by atoms with E-state index in [-0.39, 0.29) is 5.75 Å². The summed E-state index contributed by atoms with van der Waals surface area (Å²) in [6.07, 6.45) is 1.51. The third kappa shape index (κ3) is 5.47. The first kappa shape index (κ1) is 21.0. The number of nitrogens with zero attached hydrogens (tertiary/aromatic N) is 5. The van der Waals surface area contributed by atoms with Crippen LogP contribution in [0.2, 0.25) is 0 Å². The summed E-state index contributed by atoms with van der Waals surface area (Å²) in [6.45, 7) is 4.65. The van der Waals surface area contributed by atoms with Gasteiger partial charge in [-0.3, -0.25) is 0 Å². The molecule has 0 spiro atoms. The summed E-state index contributed by atoms with van der Waals surface area (Å²) >= 11 is 3.38. The van der Waals surface area contributed by atoms with Crippen LogP contribution in [0.1, 0.15) is 11.1 Å². The Balaban J connectivity index is 1.60. The Labute approximate surface area is 188 Å². The van der Waals surface area contributed by atoms with Crippen LogP contribution in [0, 0.1) is 6.92 Å². The molecule has 1 saturated heterocycles. The first-order valence-corrected chi connectivity index (χ1v) is 10.6. The van der Waals surface area contributed by atoms with E-state index in [9.17, 15) is 5.11 Å². The molecule has 0 radical (unpaired) electrons. The molecule has 2 aromatic carbocycles. The molecule has 1 aromatic heterocycles. The van der Waals surface area contributed by atoms with Gasteiger partial charge in [-0.1, -0.05) is 34.1 Å². The molecule has 1 aliphatic heterocycles. The number of benzene rings is 2. The molecular formula is C21H22BrN7O2. The van der Waals surface area contributed by atoms with Crippen LogP contribution in [0.4, 0.5) is 23.5 Å². The standard InChI is InChI=1S/C21H22BrN7O2/c1-14-4-2-3-5-17(14)24-19-25-20(27-21(26-19)29-8-10-31-11-9-29)28-23-13-15-12-16(22)6-7-18(15)30/h2-7,12-13,30H,8-11H2,1H3,(H2,24,25,26,27,28)/b23-13-. The minimum Gasteiger partial charge on any atom is -0.507 e. The monoisotopic (exact) mass is 483 g/mol. The van der Waals surface area contributed by atoms with Crippen molar-refractivity contribution in [3.63, 3.8) is 0 Å². The van der Waals surface area contributed by atoms with Gasteiger partial charge in [0.15, 0.2) is 0 Å². The zero-order chi connectivity index (χ0) is 21.6. The lowest BCUT2D eigenvalue weighted by atomic mass is 10.2. The molecule has 1 fully saturated rings. The van der Waals surface area contributed by atoms with Crippen LogP contribution in [0.15, 0.2) is 52.0 Å². The fourth-order valence-corrected chi connectivity index (χ4v) is 3.38. The number of aromatic nitrogens is 3. The molecule has 31 heavy (non-hydrogen) atoms. The Kier molecular flexibility index (Phi) is 6.58. The maximum Gasteiger partial charge on any atom is 0.250 e. The predicted molar refractivity (Wildman–Crippen MR) is 124 cm³/mol. The van der Waals surface area contributed by atoms with Gasteiger partial charge in [0.2, 0.25) is 17.8 Å². The van der Waals surface area contributed by atoms with Crippen molar-refractivity contribution in [1.29, 1.82) is 0 Å². The number of para-hydroxylation sites is 1. The number of hydrogen-bond acceptors (Lipinski definition) is 9. The highest BCUT2D eigenvalue weighted by Crippen LogP contribution is 2.22. The smallest absolute Gasteiger partial charge is 0.250 e. The number of anilines is 4. The maximum absolute atomic E-state index is 9.97. The molecule has 3 N–H and O–H groups in total. The summed E-state index contributed by atoms with van der Waals surface area (Å²) in [7, 11) is 0. The number of nitrogens with one attached hydrogen (secondary N) is 2. The molecule has 2 heterocycles. The van der Waals surface area contributed by atoms with Gasteiger partial charge in [-0.25, -0.2) is 5.43 Å². The fraction of sp³-hybridized carbons (Fsp3) is 0.238. The summed E-state index contributed by atoms with van der Waals surface area (Å²) in [4.78, 5) is 15.6. The van der Waals surface area contributed by atoms with Crippen molar-refractivity contribution < 1.29 is 9.84 Å². The van der Waals surface area contributed by atoms with Crippen LogP contribution in [-0.2, 0) is 4.74 Å². The van der Waals surface area contributed by atoms with Crippen molar-refractivity contribution in [1.82, 2.24) is 15.0 Å². The Morgan fingerprint density at radius 3 is 2.68 bits per heavy atom. The van der Waals surface area contributed by atoms with Gasteiger partial charge < -0.3 is 20.1 Å². The van der Waals surface area contributed by atoms with E-state index in [4.69, 9.17) is 4.74 Å². The number of phenols is 1. The molecule has 4 rings (SSSR count). The van der Waals surface area contributed by atoms with Gasteiger partial charge in [-0.15, -0.1) is 0 Å². The number of halogens is 1. The summed E-state index contributed by atoms with van der Waals surface area (Å²) in [5.74, 6) is 1.37. The van der Waals surface area contributed by atoms with Gasteiger partial charge in [0.05, 0.1) is 19.4 Å². The van der Waals surface area contributed by atoms with Crippen molar-refractivity contribution in [3.8, 4) is 5.75 Å². The summed E-state index contributed by atoms with van der Waals surface area (Å²) < 4.78 is 6.27. The highest BCUT2D eigenvalue weighted by molar-refractivity contribution is 9.10. The van der Waals surface area contributed by atoms with Gasteiger partial charge in [0.1, 0.15) is 5.75 Å². The van der Waals surface area contributed by atoms with E-state index in [0.717, 1.165) is 15.7 Å². The fourth-order valence-electron chi connectivity index (χ4n) is 3.00. The third-order valence-corrected chi connectivity index (χ3v) is 5.16. The number of morpholine rings is 1. The Morgan fingerprint density at radius 2 is 1.87 bits per heavy atom.